The molecule has 0 aromatic carbocycles. The lowest BCUT2D eigenvalue weighted by Crippen LogP contribution is -2.26. The number of rotatable bonds is 10. The van der Waals surface area contributed by atoms with Gasteiger partial charge in [0.25, 0.3) is 5.56 Å². The molecular formula is C13H21ClN2O4. The van der Waals surface area contributed by atoms with E-state index >= 15 is 0 Å². The summed E-state index contributed by atoms with van der Waals surface area (Å²) in [7, 11) is 1.63. The highest BCUT2D eigenvalue weighted by atomic mass is 35.5. The summed E-state index contributed by atoms with van der Waals surface area (Å²) in [4.78, 5) is 15.9. The van der Waals surface area contributed by atoms with Crippen molar-refractivity contribution in [2.75, 3.05) is 40.1 Å². The molecule has 0 N–H and O–H groups in total. The quantitative estimate of drug-likeness (QED) is 0.479. The summed E-state index contributed by atoms with van der Waals surface area (Å²) in [6, 6.07) is 1.31. The van der Waals surface area contributed by atoms with Crippen LogP contribution in [0.5, 0.6) is 0 Å². The van der Waals surface area contributed by atoms with Gasteiger partial charge in [0.1, 0.15) is 11.0 Å². The minimum absolute atomic E-state index is 0.151. The summed E-state index contributed by atoms with van der Waals surface area (Å²) in [5.74, 6) is 0.669. The highest BCUT2D eigenvalue weighted by Crippen LogP contribution is 2.03. The Morgan fingerprint density at radius 1 is 1.20 bits per heavy atom. The first-order valence-electron chi connectivity index (χ1n) is 6.59. The van der Waals surface area contributed by atoms with Crippen molar-refractivity contribution in [3.63, 3.8) is 0 Å². The zero-order valence-corrected chi connectivity index (χ0v) is 12.7. The molecule has 1 heterocycles. The van der Waals surface area contributed by atoms with Crippen LogP contribution in [0.2, 0.25) is 5.15 Å². The molecule has 0 aliphatic carbocycles. The van der Waals surface area contributed by atoms with Crippen LogP contribution in [0.4, 0.5) is 0 Å². The van der Waals surface area contributed by atoms with E-state index in [4.69, 9.17) is 25.8 Å². The molecule has 1 aromatic heterocycles. The fourth-order valence-corrected chi connectivity index (χ4v) is 1.84. The SMILES string of the molecule is CCc1nc(Cl)cc(=O)n1CCOCCOCCOC. The molecule has 0 atom stereocenters. The molecule has 0 saturated heterocycles. The van der Waals surface area contributed by atoms with E-state index in [9.17, 15) is 4.79 Å². The largest absolute Gasteiger partial charge is 0.382 e. The van der Waals surface area contributed by atoms with Crippen molar-refractivity contribution >= 4 is 11.6 Å². The van der Waals surface area contributed by atoms with Gasteiger partial charge >= 0.3 is 0 Å². The monoisotopic (exact) mass is 304 g/mol. The molecule has 0 bridgehead atoms. The van der Waals surface area contributed by atoms with Gasteiger partial charge in [0.15, 0.2) is 0 Å². The van der Waals surface area contributed by atoms with Crippen LogP contribution in [0.1, 0.15) is 12.7 Å². The predicted octanol–water partition coefficient (Wildman–Crippen LogP) is 1.14. The zero-order chi connectivity index (χ0) is 14.8. The molecule has 1 rings (SSSR count). The summed E-state index contributed by atoms with van der Waals surface area (Å²) in [5.41, 5.74) is -0.151. The molecule has 0 fully saturated rings. The third-order valence-electron chi connectivity index (χ3n) is 2.64. The van der Waals surface area contributed by atoms with Gasteiger partial charge in [-0.15, -0.1) is 0 Å². The Morgan fingerprint density at radius 2 is 1.85 bits per heavy atom. The van der Waals surface area contributed by atoms with Gasteiger partial charge in [-0.25, -0.2) is 4.98 Å². The van der Waals surface area contributed by atoms with Crippen LogP contribution in [0.25, 0.3) is 0 Å². The lowest BCUT2D eigenvalue weighted by molar-refractivity contribution is 0.0227. The lowest BCUT2D eigenvalue weighted by Gasteiger charge is -2.11. The molecule has 20 heavy (non-hydrogen) atoms. The van der Waals surface area contributed by atoms with E-state index in [-0.39, 0.29) is 10.7 Å². The third kappa shape index (κ3) is 6.00. The van der Waals surface area contributed by atoms with Crippen molar-refractivity contribution < 1.29 is 14.2 Å². The Hall–Kier alpha value is -0.950. The average molecular weight is 305 g/mol. The van der Waals surface area contributed by atoms with Gasteiger partial charge in [0, 0.05) is 19.6 Å². The Morgan fingerprint density at radius 3 is 2.50 bits per heavy atom. The summed E-state index contributed by atoms with van der Waals surface area (Å²) < 4.78 is 17.1. The van der Waals surface area contributed by atoms with E-state index in [0.29, 0.717) is 51.8 Å². The van der Waals surface area contributed by atoms with Crippen molar-refractivity contribution in [1.29, 1.82) is 0 Å². The first-order valence-corrected chi connectivity index (χ1v) is 6.97. The van der Waals surface area contributed by atoms with Crippen LogP contribution < -0.4 is 5.56 Å². The van der Waals surface area contributed by atoms with E-state index in [1.807, 2.05) is 6.92 Å². The summed E-state index contributed by atoms with van der Waals surface area (Å²) in [6.07, 6.45) is 0.649. The number of ether oxygens (including phenoxy) is 3. The number of methoxy groups -OCH3 is 1. The van der Waals surface area contributed by atoms with E-state index < -0.39 is 0 Å². The molecule has 7 heteroatoms. The number of hydrogen-bond acceptors (Lipinski definition) is 5. The second kappa shape index (κ2) is 9.88. The average Bonchev–Trinajstić information content (AvgIpc) is 2.43. The highest BCUT2D eigenvalue weighted by molar-refractivity contribution is 6.29. The van der Waals surface area contributed by atoms with Crippen LogP contribution in [0.3, 0.4) is 0 Å². The standard InChI is InChI=1S/C13H21ClN2O4/c1-3-12-15-11(14)10-13(17)16(12)4-5-19-8-9-20-7-6-18-2/h10H,3-9H2,1-2H3. The first-order chi connectivity index (χ1) is 9.69. The Bertz CT molecular complexity index is 450. The van der Waals surface area contributed by atoms with Crippen molar-refractivity contribution in [2.45, 2.75) is 19.9 Å². The molecule has 0 aliphatic heterocycles. The first kappa shape index (κ1) is 17.1. The van der Waals surface area contributed by atoms with Gasteiger partial charge in [-0.05, 0) is 0 Å². The second-order valence-corrected chi connectivity index (χ2v) is 4.44. The Kier molecular flexibility index (Phi) is 8.45. The van der Waals surface area contributed by atoms with Gasteiger partial charge in [0.2, 0.25) is 0 Å². The fourth-order valence-electron chi connectivity index (χ4n) is 1.65. The normalized spacial score (nSPS) is 10.9. The molecule has 0 radical (unpaired) electrons. The molecule has 0 saturated carbocycles. The molecule has 6 nitrogen and oxygen atoms in total. The molecule has 114 valence electrons. The van der Waals surface area contributed by atoms with E-state index in [0.717, 1.165) is 0 Å². The minimum Gasteiger partial charge on any atom is -0.382 e. The molecule has 0 aliphatic rings. The van der Waals surface area contributed by atoms with E-state index in [1.165, 1.54) is 6.07 Å². The van der Waals surface area contributed by atoms with Crippen LogP contribution in [-0.2, 0) is 27.2 Å². The van der Waals surface area contributed by atoms with Gasteiger partial charge in [-0.3, -0.25) is 9.36 Å². The number of nitrogens with zero attached hydrogens (tertiary/aromatic N) is 2. The van der Waals surface area contributed by atoms with Gasteiger partial charge in [0.05, 0.1) is 39.6 Å². The summed E-state index contributed by atoms with van der Waals surface area (Å²) >= 11 is 5.76. The van der Waals surface area contributed by atoms with Crippen LogP contribution in [0.15, 0.2) is 10.9 Å². The highest BCUT2D eigenvalue weighted by Gasteiger charge is 2.05. The number of aryl methyl sites for hydroxylation is 1. The van der Waals surface area contributed by atoms with E-state index in [2.05, 4.69) is 4.98 Å². The Balaban J connectivity index is 2.30. The minimum atomic E-state index is -0.151. The molecule has 0 unspecified atom stereocenters. The molecular weight excluding hydrogens is 284 g/mol. The third-order valence-corrected chi connectivity index (χ3v) is 2.83. The van der Waals surface area contributed by atoms with Crippen LogP contribution in [-0.4, -0.2) is 49.7 Å². The van der Waals surface area contributed by atoms with Crippen LogP contribution >= 0.6 is 11.6 Å². The smallest absolute Gasteiger partial charge is 0.255 e. The molecule has 0 amide bonds. The summed E-state index contributed by atoms with van der Waals surface area (Å²) in [6.45, 7) is 4.96. The maximum absolute atomic E-state index is 11.8. The van der Waals surface area contributed by atoms with Crippen molar-refractivity contribution in [3.05, 3.63) is 27.4 Å². The van der Waals surface area contributed by atoms with Gasteiger partial charge < -0.3 is 14.2 Å². The van der Waals surface area contributed by atoms with Crippen molar-refractivity contribution in [2.24, 2.45) is 0 Å². The van der Waals surface area contributed by atoms with Gasteiger partial charge in [-0.2, -0.15) is 0 Å². The predicted molar refractivity (Wildman–Crippen MR) is 76.4 cm³/mol. The van der Waals surface area contributed by atoms with Crippen molar-refractivity contribution in [3.8, 4) is 0 Å². The topological polar surface area (TPSA) is 62.6 Å². The number of hydrogen-bond donors (Lipinski definition) is 0. The summed E-state index contributed by atoms with van der Waals surface area (Å²) in [5, 5.41) is 0.232. The maximum atomic E-state index is 11.8. The molecule has 0 spiro atoms. The number of aromatic nitrogens is 2. The second-order valence-electron chi connectivity index (χ2n) is 4.06. The fraction of sp³-hybridized carbons (Fsp3) is 0.692. The van der Waals surface area contributed by atoms with Gasteiger partial charge in [-0.1, -0.05) is 18.5 Å². The number of halogens is 1. The van der Waals surface area contributed by atoms with Crippen molar-refractivity contribution in [1.82, 2.24) is 9.55 Å². The van der Waals surface area contributed by atoms with E-state index in [1.54, 1.807) is 11.7 Å². The zero-order valence-electron chi connectivity index (χ0n) is 11.9. The lowest BCUT2D eigenvalue weighted by atomic mass is 10.4. The van der Waals surface area contributed by atoms with Crippen LogP contribution in [0, 0.1) is 0 Å². The molecule has 1 aromatic rings. The maximum Gasteiger partial charge on any atom is 0.255 e. The Labute approximate surface area is 123 Å².